The Bertz CT molecular complexity index is 3610. The van der Waals surface area contributed by atoms with E-state index < -0.39 is 0 Å². The van der Waals surface area contributed by atoms with E-state index in [1.165, 1.54) is 50.1 Å². The Morgan fingerprint density at radius 2 is 0.944 bits per heavy atom. The van der Waals surface area contributed by atoms with Crippen molar-refractivity contribution in [2.45, 2.75) is 78.6 Å². The fourth-order valence-electron chi connectivity index (χ4n) is 11.1. The van der Waals surface area contributed by atoms with Gasteiger partial charge in [0.2, 0.25) is 0 Å². The van der Waals surface area contributed by atoms with E-state index in [9.17, 15) is 0 Å². The molecule has 0 N–H and O–H groups in total. The topological polar surface area (TPSA) is 22.9 Å². The highest BCUT2D eigenvalue weighted by Crippen LogP contribution is 2.49. The molecule has 0 amide bonds. The van der Waals surface area contributed by atoms with Gasteiger partial charge in [-0.15, -0.1) is 0 Å². The van der Waals surface area contributed by atoms with Gasteiger partial charge in [-0.2, -0.15) is 0 Å². The quantitative estimate of drug-likeness (QED) is 0.155. The smallest absolute Gasteiger partial charge is 0.252 e. The van der Waals surface area contributed by atoms with E-state index in [-0.39, 0.29) is 23.0 Å². The second-order valence-corrected chi connectivity index (χ2v) is 22.7. The summed E-state index contributed by atoms with van der Waals surface area (Å²) in [6.07, 6.45) is 0. The number of benzene rings is 9. The van der Waals surface area contributed by atoms with Crippen LogP contribution in [-0.2, 0) is 16.2 Å². The average molecular weight is 922 g/mol. The zero-order chi connectivity index (χ0) is 49.0. The fraction of sp³-hybridized carbons (Fsp3) is 0.182. The van der Waals surface area contributed by atoms with Gasteiger partial charge < -0.3 is 19.1 Å². The lowest BCUT2D eigenvalue weighted by atomic mass is 9.33. The van der Waals surface area contributed by atoms with Gasteiger partial charge in [0.1, 0.15) is 11.2 Å². The van der Waals surface area contributed by atoms with Gasteiger partial charge in [-0.1, -0.05) is 178 Å². The summed E-state index contributed by atoms with van der Waals surface area (Å²) in [4.78, 5) is 7.50. The predicted molar refractivity (Wildman–Crippen MR) is 304 cm³/mol. The Hall–Kier alpha value is -7.76. The maximum Gasteiger partial charge on any atom is 0.252 e. The van der Waals surface area contributed by atoms with Crippen LogP contribution in [0, 0.1) is 0 Å². The fourth-order valence-corrected chi connectivity index (χ4v) is 11.1. The molecule has 0 unspecified atom stereocenters. The molecule has 348 valence electrons. The van der Waals surface area contributed by atoms with Crippen LogP contribution in [0.2, 0.25) is 0 Å². The van der Waals surface area contributed by atoms with Crippen molar-refractivity contribution in [2.75, 3.05) is 14.7 Å². The lowest BCUT2D eigenvalue weighted by Crippen LogP contribution is -2.61. The van der Waals surface area contributed by atoms with E-state index in [4.69, 9.17) is 4.42 Å². The number of hydrogen-bond donors (Lipinski definition) is 0. The molecule has 0 fully saturated rings. The highest BCUT2D eigenvalue weighted by atomic mass is 16.3. The van der Waals surface area contributed by atoms with Gasteiger partial charge in [-0.25, -0.2) is 0 Å². The van der Waals surface area contributed by atoms with Crippen molar-refractivity contribution in [1.82, 2.24) is 0 Å². The molecule has 0 atom stereocenters. The summed E-state index contributed by atoms with van der Waals surface area (Å²) in [7, 11) is 0. The Balaban J connectivity index is 1.14. The number of rotatable bonds is 6. The van der Waals surface area contributed by atoms with Crippen molar-refractivity contribution in [3.63, 3.8) is 0 Å². The molecule has 3 heterocycles. The summed E-state index contributed by atoms with van der Waals surface area (Å²) in [6.45, 7) is 20.9. The minimum atomic E-state index is -0.153. The highest BCUT2D eigenvalue weighted by Gasteiger charge is 2.45. The molecule has 71 heavy (non-hydrogen) atoms. The number of furan rings is 1. The van der Waals surface area contributed by atoms with E-state index >= 15 is 0 Å². The summed E-state index contributed by atoms with van der Waals surface area (Å²) in [6, 6.07) is 74.3. The monoisotopic (exact) mass is 921 g/mol. The molecule has 0 aliphatic carbocycles. The first kappa shape index (κ1) is 44.5. The first-order chi connectivity index (χ1) is 34.1. The van der Waals surface area contributed by atoms with E-state index in [2.05, 4.69) is 271 Å². The SMILES string of the molecule is CC(C)(C)c1ccc(N2c3ccc(C(C)(C)C)cc3B3c4ccc(N(c5ccccc5)c5ccccc5)cc4N(c4ccc(-c5cccc6c5oc5ccccc56)cc4)c4cc(C(C)(C)C)cc2c43)cc1. The van der Waals surface area contributed by atoms with Crippen LogP contribution >= 0.6 is 0 Å². The van der Waals surface area contributed by atoms with Crippen molar-refractivity contribution in [3.8, 4) is 11.1 Å². The van der Waals surface area contributed by atoms with Crippen molar-refractivity contribution in [2.24, 2.45) is 0 Å². The number of fused-ring (bicyclic) bond motifs is 7. The zero-order valence-electron chi connectivity index (χ0n) is 42.4. The van der Waals surface area contributed by atoms with Crippen LogP contribution in [0.1, 0.15) is 79.0 Å². The van der Waals surface area contributed by atoms with Crippen molar-refractivity contribution < 1.29 is 4.42 Å². The minimum absolute atomic E-state index is 0.0319. The van der Waals surface area contributed by atoms with Gasteiger partial charge in [0, 0.05) is 67.5 Å². The number of nitrogens with zero attached hydrogens (tertiary/aromatic N) is 3. The molecule has 2 aliphatic rings. The number of anilines is 9. The molecule has 10 aromatic rings. The van der Waals surface area contributed by atoms with E-state index in [1.807, 2.05) is 6.07 Å². The normalized spacial score (nSPS) is 13.3. The van der Waals surface area contributed by atoms with Crippen LogP contribution in [0.5, 0.6) is 0 Å². The second-order valence-electron chi connectivity index (χ2n) is 22.7. The van der Waals surface area contributed by atoms with Crippen molar-refractivity contribution in [1.29, 1.82) is 0 Å². The molecule has 12 rings (SSSR count). The van der Waals surface area contributed by atoms with Gasteiger partial charge in [0.15, 0.2) is 0 Å². The third-order valence-corrected chi connectivity index (χ3v) is 14.9. The van der Waals surface area contributed by atoms with Crippen LogP contribution in [0.4, 0.5) is 51.2 Å². The van der Waals surface area contributed by atoms with Gasteiger partial charge in [-0.3, -0.25) is 0 Å². The summed E-state index contributed by atoms with van der Waals surface area (Å²) in [5.74, 6) is 0. The molecule has 5 heteroatoms. The van der Waals surface area contributed by atoms with Gasteiger partial charge in [0.25, 0.3) is 6.71 Å². The molecule has 0 saturated carbocycles. The van der Waals surface area contributed by atoms with Gasteiger partial charge in [0.05, 0.1) is 0 Å². The van der Waals surface area contributed by atoms with Crippen molar-refractivity contribution >= 4 is 96.2 Å². The first-order valence-electron chi connectivity index (χ1n) is 25.2. The van der Waals surface area contributed by atoms with Crippen LogP contribution in [-0.4, -0.2) is 6.71 Å². The molecule has 1 aromatic heterocycles. The predicted octanol–water partition coefficient (Wildman–Crippen LogP) is 16.7. The molecule has 9 aromatic carbocycles. The lowest BCUT2D eigenvalue weighted by Gasteiger charge is -2.45. The number of hydrogen-bond acceptors (Lipinski definition) is 4. The Kier molecular flexibility index (Phi) is 10.3. The molecule has 0 spiro atoms. The highest BCUT2D eigenvalue weighted by molar-refractivity contribution is 7.00. The van der Waals surface area contributed by atoms with Crippen LogP contribution in [0.15, 0.2) is 205 Å². The molecule has 4 nitrogen and oxygen atoms in total. The molecular formula is C66H60BN3O. The van der Waals surface area contributed by atoms with Crippen LogP contribution in [0.25, 0.3) is 33.1 Å². The van der Waals surface area contributed by atoms with Crippen LogP contribution < -0.4 is 31.1 Å². The maximum atomic E-state index is 6.58. The van der Waals surface area contributed by atoms with E-state index in [0.29, 0.717) is 0 Å². The third kappa shape index (κ3) is 7.53. The summed E-state index contributed by atoms with van der Waals surface area (Å²) < 4.78 is 6.58. The summed E-state index contributed by atoms with van der Waals surface area (Å²) >= 11 is 0. The molecule has 0 radical (unpaired) electrons. The summed E-state index contributed by atoms with van der Waals surface area (Å²) in [5.41, 5.74) is 22.0. The number of para-hydroxylation sites is 4. The van der Waals surface area contributed by atoms with Crippen LogP contribution in [0.3, 0.4) is 0 Å². The average Bonchev–Trinajstić information content (AvgIpc) is 3.75. The van der Waals surface area contributed by atoms with Gasteiger partial charge in [-0.05, 0) is 140 Å². The zero-order valence-corrected chi connectivity index (χ0v) is 42.4. The molecule has 0 bridgehead atoms. The Morgan fingerprint density at radius 3 is 1.56 bits per heavy atom. The van der Waals surface area contributed by atoms with E-state index in [1.54, 1.807) is 0 Å². The Labute approximate surface area is 419 Å². The van der Waals surface area contributed by atoms with Gasteiger partial charge >= 0.3 is 0 Å². The van der Waals surface area contributed by atoms with Crippen molar-refractivity contribution in [3.05, 3.63) is 217 Å². The lowest BCUT2D eigenvalue weighted by molar-refractivity contribution is 0.589. The van der Waals surface area contributed by atoms with E-state index in [0.717, 1.165) is 67.2 Å². The minimum Gasteiger partial charge on any atom is -0.455 e. The molecular weight excluding hydrogens is 862 g/mol. The molecule has 2 aliphatic heterocycles. The standard InChI is InChI=1S/C66H60BN3O/c1-64(2,3)44-29-34-50(35-30-44)69-57-38-31-45(65(4,5)6)39-56(57)67-55-37-36-51(68(47-19-12-10-13-20-47)48-21-14-11-15-22-48)42-58(55)70(60-41-46(66(7,8)9)40-59(69)62(60)67)49-32-27-43(28-33-49)52-24-18-25-54-53-23-16-17-26-61(53)71-63(52)54/h10-42H,1-9H3. The largest absolute Gasteiger partial charge is 0.455 e. The summed E-state index contributed by atoms with van der Waals surface area (Å²) in [5, 5.41) is 2.26. The first-order valence-corrected chi connectivity index (χ1v) is 25.2. The molecule has 0 saturated heterocycles. The second kappa shape index (κ2) is 16.4. The Morgan fingerprint density at radius 1 is 0.394 bits per heavy atom. The maximum absolute atomic E-state index is 6.58. The third-order valence-electron chi connectivity index (χ3n) is 14.9.